The highest BCUT2D eigenvalue weighted by molar-refractivity contribution is 5.35. The monoisotopic (exact) mass is 78.0 g/mol. The van der Waals surface area contributed by atoms with Gasteiger partial charge >= 0.3 is 6.47 Å². The Kier molecular flexibility index (Phi) is 17.7. The molecule has 4 nitrogen and oxygen atoms in total. The highest BCUT2D eigenvalue weighted by Crippen LogP contribution is 1.33. The Hall–Kier alpha value is -0.610. The molecular weight excluding hydrogens is 76.0 g/mol. The van der Waals surface area contributed by atoms with Crippen molar-refractivity contribution in [1.29, 1.82) is 0 Å². The van der Waals surface area contributed by atoms with Crippen LogP contribution in [0.1, 0.15) is 0 Å². The van der Waals surface area contributed by atoms with Crippen molar-refractivity contribution >= 4 is 6.47 Å². The summed E-state index contributed by atoms with van der Waals surface area (Å²) in [4.78, 5) is 11.6. The van der Waals surface area contributed by atoms with Gasteiger partial charge in [0.15, 0.2) is 0 Å². The van der Waals surface area contributed by atoms with Gasteiger partial charge in [0.25, 0.3) is 0 Å². The van der Waals surface area contributed by atoms with Gasteiger partial charge < -0.3 is 4.89 Å². The van der Waals surface area contributed by atoms with Crippen molar-refractivity contribution < 1.29 is 20.4 Å². The SMILES string of the molecule is O=COO.[O]. The highest BCUT2D eigenvalue weighted by Gasteiger charge is 1.47. The second-order valence-electron chi connectivity index (χ2n) is 0.202. The smallest absolute Gasteiger partial charge is 0.304 e. The van der Waals surface area contributed by atoms with E-state index in [9.17, 15) is 0 Å². The number of rotatable bonds is 1. The number of hydrogen-bond donors (Lipinski definition) is 1. The average Bonchev–Trinajstić information content (AvgIpc) is 1.37. The van der Waals surface area contributed by atoms with Crippen molar-refractivity contribution in [3.63, 3.8) is 0 Å². The van der Waals surface area contributed by atoms with Crippen LogP contribution in [0.4, 0.5) is 0 Å². The van der Waals surface area contributed by atoms with Gasteiger partial charge in [-0.15, -0.1) is 0 Å². The summed E-state index contributed by atoms with van der Waals surface area (Å²) in [5.74, 6) is 0. The molecule has 4 heteroatoms. The van der Waals surface area contributed by atoms with Gasteiger partial charge in [-0.1, -0.05) is 0 Å². The minimum absolute atomic E-state index is 0. The van der Waals surface area contributed by atoms with E-state index in [1.54, 1.807) is 0 Å². The molecule has 0 fully saturated rings. The summed E-state index contributed by atoms with van der Waals surface area (Å²) in [5.41, 5.74) is 0. The molecule has 0 unspecified atom stereocenters. The van der Waals surface area contributed by atoms with Crippen LogP contribution in [0.15, 0.2) is 0 Å². The third kappa shape index (κ3) is 43.1. The maximum Gasteiger partial charge on any atom is 0.330 e. The van der Waals surface area contributed by atoms with Gasteiger partial charge in [-0.25, -0.2) is 5.26 Å². The zero-order valence-corrected chi connectivity index (χ0v) is 2.25. The molecule has 5 heavy (non-hydrogen) atoms. The van der Waals surface area contributed by atoms with E-state index in [0.717, 1.165) is 0 Å². The molecule has 0 saturated heterocycles. The average molecular weight is 78.0 g/mol. The van der Waals surface area contributed by atoms with Crippen LogP contribution in [0.2, 0.25) is 0 Å². The molecule has 0 atom stereocenters. The van der Waals surface area contributed by atoms with E-state index in [4.69, 9.17) is 10.1 Å². The molecule has 0 amide bonds. The summed E-state index contributed by atoms with van der Waals surface area (Å²) in [6, 6.07) is 0. The fourth-order valence-corrected chi connectivity index (χ4v) is 0. The van der Waals surface area contributed by atoms with Crippen molar-refractivity contribution in [1.82, 2.24) is 0 Å². The Labute approximate surface area is 28.2 Å². The number of hydrogen-bond acceptors (Lipinski definition) is 3. The van der Waals surface area contributed by atoms with Crippen LogP contribution in [-0.2, 0) is 15.2 Å². The predicted molar refractivity (Wildman–Crippen MR) is 10.5 cm³/mol. The Morgan fingerprint density at radius 3 is 2.00 bits per heavy atom. The summed E-state index contributed by atoms with van der Waals surface area (Å²) in [6.07, 6.45) is 0. The van der Waals surface area contributed by atoms with Gasteiger partial charge in [0.05, 0.1) is 0 Å². The maximum atomic E-state index is 8.70. The predicted octanol–water partition coefficient (Wildman–Crippen LogP) is -0.486. The van der Waals surface area contributed by atoms with Gasteiger partial charge in [0.2, 0.25) is 0 Å². The highest BCUT2D eigenvalue weighted by atomic mass is 17.1. The molecule has 0 spiro atoms. The van der Waals surface area contributed by atoms with Crippen LogP contribution in [0.25, 0.3) is 0 Å². The molecule has 0 aliphatic heterocycles. The first kappa shape index (κ1) is 8.83. The minimum atomic E-state index is -0.0694. The molecule has 0 rings (SSSR count). The summed E-state index contributed by atoms with van der Waals surface area (Å²) < 4.78 is 0. The molecule has 0 aromatic carbocycles. The first-order valence-electron chi connectivity index (χ1n) is 0.654. The van der Waals surface area contributed by atoms with Gasteiger partial charge in [0, 0.05) is 5.48 Å². The standard InChI is InChI=1S/CH2O3.O/c2-1-4-3;/h1,3H;. The van der Waals surface area contributed by atoms with Crippen LogP contribution in [0.3, 0.4) is 0 Å². The normalized spacial score (nSPS) is 4.20. The summed E-state index contributed by atoms with van der Waals surface area (Å²) >= 11 is 0. The lowest BCUT2D eigenvalue weighted by atomic mass is 11.7. The van der Waals surface area contributed by atoms with Crippen molar-refractivity contribution in [2.45, 2.75) is 0 Å². The molecule has 0 aliphatic rings. The van der Waals surface area contributed by atoms with Crippen LogP contribution in [0.5, 0.6) is 0 Å². The lowest BCUT2D eigenvalue weighted by molar-refractivity contribution is -0.217. The zero-order valence-electron chi connectivity index (χ0n) is 2.25. The summed E-state index contributed by atoms with van der Waals surface area (Å²) in [5, 5.41) is 7.01. The fourth-order valence-electron chi connectivity index (χ4n) is 0. The van der Waals surface area contributed by atoms with Gasteiger partial charge in [-0.2, -0.15) is 0 Å². The first-order valence-corrected chi connectivity index (χ1v) is 0.654. The number of carbonyl (C=O) groups excluding carboxylic acids is 1. The van der Waals surface area contributed by atoms with Gasteiger partial charge in [0.1, 0.15) is 0 Å². The fraction of sp³-hybridized carbons (Fsp3) is 0. The molecule has 30 valence electrons. The van der Waals surface area contributed by atoms with E-state index in [2.05, 4.69) is 4.89 Å². The summed E-state index contributed by atoms with van der Waals surface area (Å²) in [7, 11) is 0. The van der Waals surface area contributed by atoms with E-state index < -0.39 is 0 Å². The van der Waals surface area contributed by atoms with E-state index in [0.29, 0.717) is 0 Å². The third-order valence-electron chi connectivity index (χ3n) is 0.0430. The van der Waals surface area contributed by atoms with E-state index >= 15 is 0 Å². The third-order valence-corrected chi connectivity index (χ3v) is 0.0430. The van der Waals surface area contributed by atoms with Crippen molar-refractivity contribution in [3.05, 3.63) is 0 Å². The molecule has 0 aromatic heterocycles. The van der Waals surface area contributed by atoms with Crippen molar-refractivity contribution in [2.75, 3.05) is 0 Å². The maximum absolute atomic E-state index is 8.70. The van der Waals surface area contributed by atoms with E-state index in [1.807, 2.05) is 0 Å². The molecule has 0 saturated carbocycles. The number of carbonyl (C=O) groups is 1. The lowest BCUT2D eigenvalue weighted by Gasteiger charge is -1.63. The minimum Gasteiger partial charge on any atom is -0.304 e. The second kappa shape index (κ2) is 10.0. The van der Waals surface area contributed by atoms with E-state index in [-0.39, 0.29) is 11.9 Å². The van der Waals surface area contributed by atoms with Crippen LogP contribution in [-0.4, -0.2) is 11.7 Å². The molecule has 0 heterocycles. The zero-order chi connectivity index (χ0) is 3.41. The molecule has 0 aromatic rings. The largest absolute Gasteiger partial charge is 0.330 e. The quantitative estimate of drug-likeness (QED) is 0.261. The van der Waals surface area contributed by atoms with Gasteiger partial charge in [-0.3, -0.25) is 4.79 Å². The second-order valence-corrected chi connectivity index (χ2v) is 0.202. The molecule has 0 bridgehead atoms. The summed E-state index contributed by atoms with van der Waals surface area (Å²) in [6.45, 7) is -0.0694. The van der Waals surface area contributed by atoms with Gasteiger partial charge in [-0.05, 0) is 0 Å². The molecule has 2 radical (unpaired) electrons. The molecule has 1 N–H and O–H groups in total. The Bertz CT molecular complexity index is 17.6. The lowest BCUT2D eigenvalue weighted by Crippen LogP contribution is -1.69. The first-order chi connectivity index (χ1) is 1.91. The Morgan fingerprint density at radius 2 is 2.00 bits per heavy atom. The Morgan fingerprint density at radius 1 is 1.80 bits per heavy atom. The van der Waals surface area contributed by atoms with Crippen LogP contribution < -0.4 is 0 Å². The topological polar surface area (TPSA) is 75.0 Å². The van der Waals surface area contributed by atoms with Crippen LogP contribution >= 0.6 is 0 Å². The molecule has 0 aliphatic carbocycles. The van der Waals surface area contributed by atoms with Crippen molar-refractivity contribution in [3.8, 4) is 0 Å². The van der Waals surface area contributed by atoms with Crippen LogP contribution in [0, 0.1) is 0 Å². The molecular formula is CH2O4. The Balaban J connectivity index is 0. The van der Waals surface area contributed by atoms with Crippen molar-refractivity contribution in [2.24, 2.45) is 0 Å². The van der Waals surface area contributed by atoms with E-state index in [1.165, 1.54) is 0 Å².